The van der Waals surface area contributed by atoms with Crippen molar-refractivity contribution in [2.24, 2.45) is 0 Å². The van der Waals surface area contributed by atoms with Crippen molar-refractivity contribution in [3.8, 4) is 11.1 Å². The van der Waals surface area contributed by atoms with Crippen LogP contribution >= 0.6 is 0 Å². The number of nitro benzene ring substituents is 1. The number of nitro groups is 1. The molecule has 45 heavy (non-hydrogen) atoms. The average Bonchev–Trinajstić information content (AvgIpc) is 3.08. The van der Waals surface area contributed by atoms with Crippen molar-refractivity contribution < 1.29 is 24.4 Å². The molecule has 1 aliphatic rings. The van der Waals surface area contributed by atoms with E-state index in [1.807, 2.05) is 12.1 Å². The minimum absolute atomic E-state index is 0.0483. The lowest BCUT2D eigenvalue weighted by Gasteiger charge is -2.43. The molecular weight excluding hydrogens is 572 g/mol. The quantitative estimate of drug-likeness (QED) is 0.112. The zero-order chi connectivity index (χ0) is 31.8. The molecule has 5 rings (SSSR count). The number of likely N-dealkylation sites (tertiary alicyclic amines) is 1. The number of carboxylic acid groups (broad SMARTS) is 1. The Bertz CT molecular complexity index is 1580. The zero-order valence-corrected chi connectivity index (χ0v) is 25.2. The number of carboxylic acids is 1. The van der Waals surface area contributed by atoms with Crippen molar-refractivity contribution in [1.29, 1.82) is 0 Å². The Morgan fingerprint density at radius 1 is 1.02 bits per heavy atom. The summed E-state index contributed by atoms with van der Waals surface area (Å²) in [6.07, 6.45) is 4.49. The van der Waals surface area contributed by atoms with Gasteiger partial charge in [0, 0.05) is 43.0 Å². The molecular formula is C35H36N4O6. The van der Waals surface area contributed by atoms with Crippen molar-refractivity contribution in [2.75, 3.05) is 38.2 Å². The third kappa shape index (κ3) is 6.77. The minimum atomic E-state index is -1.22. The van der Waals surface area contributed by atoms with Crippen LogP contribution in [-0.4, -0.2) is 65.6 Å². The molecule has 0 saturated carbocycles. The highest BCUT2D eigenvalue weighted by molar-refractivity contribution is 6.02. The zero-order valence-electron chi connectivity index (χ0n) is 25.2. The molecule has 1 N–H and O–H groups in total. The highest BCUT2D eigenvalue weighted by atomic mass is 16.6. The average molecular weight is 609 g/mol. The Morgan fingerprint density at radius 3 is 2.13 bits per heavy atom. The molecule has 4 aromatic rings. The van der Waals surface area contributed by atoms with Gasteiger partial charge in [-0.1, -0.05) is 60.7 Å². The number of aromatic nitrogens is 1. The van der Waals surface area contributed by atoms with Gasteiger partial charge < -0.3 is 19.6 Å². The van der Waals surface area contributed by atoms with E-state index >= 15 is 0 Å². The van der Waals surface area contributed by atoms with Gasteiger partial charge in [-0.3, -0.25) is 19.9 Å². The van der Waals surface area contributed by atoms with Crippen LogP contribution in [0.4, 0.5) is 11.4 Å². The van der Waals surface area contributed by atoms with Crippen molar-refractivity contribution in [2.45, 2.75) is 31.3 Å². The predicted octanol–water partition coefficient (Wildman–Crippen LogP) is 5.94. The number of hydrogen-bond donors (Lipinski definition) is 1. The molecule has 0 unspecified atom stereocenters. The van der Waals surface area contributed by atoms with Crippen LogP contribution in [0.2, 0.25) is 0 Å². The fourth-order valence-corrected chi connectivity index (χ4v) is 6.39. The van der Waals surface area contributed by atoms with E-state index in [0.29, 0.717) is 36.3 Å². The van der Waals surface area contributed by atoms with Crippen molar-refractivity contribution in [3.63, 3.8) is 0 Å². The molecule has 3 aromatic carbocycles. The number of amides is 1. The first-order chi connectivity index (χ1) is 21.9. The fourth-order valence-electron chi connectivity index (χ4n) is 6.39. The summed E-state index contributed by atoms with van der Waals surface area (Å²) >= 11 is 0. The third-order valence-electron chi connectivity index (χ3n) is 8.66. The topological polar surface area (TPSA) is 126 Å². The Hall–Kier alpha value is -4.93. The molecule has 232 valence electrons. The molecule has 1 fully saturated rings. The maximum atomic E-state index is 12.6. The SMILES string of the molecule is COCc1ncc(C(=O)O)c(-c2ccc([N+](=O)[O-])cc2)c1N(C=O)CCCN1CCC(c2ccccc2)(c2ccccc2)CC1. The lowest BCUT2D eigenvalue weighted by atomic mass is 9.68. The van der Waals surface area contributed by atoms with E-state index < -0.39 is 10.9 Å². The van der Waals surface area contributed by atoms with Gasteiger partial charge in [0.15, 0.2) is 0 Å². The molecule has 1 saturated heterocycles. The molecule has 0 aliphatic carbocycles. The van der Waals surface area contributed by atoms with Gasteiger partial charge in [-0.05, 0) is 67.7 Å². The van der Waals surface area contributed by atoms with E-state index in [1.54, 1.807) is 0 Å². The largest absolute Gasteiger partial charge is 0.478 e. The van der Waals surface area contributed by atoms with Gasteiger partial charge in [0.25, 0.3) is 5.69 Å². The van der Waals surface area contributed by atoms with E-state index in [2.05, 4.69) is 58.4 Å². The van der Waals surface area contributed by atoms with Crippen molar-refractivity contribution in [1.82, 2.24) is 9.88 Å². The van der Waals surface area contributed by atoms with Gasteiger partial charge in [-0.25, -0.2) is 4.79 Å². The predicted molar refractivity (Wildman–Crippen MR) is 171 cm³/mol. The summed E-state index contributed by atoms with van der Waals surface area (Å²) in [5, 5.41) is 21.3. The van der Waals surface area contributed by atoms with E-state index in [4.69, 9.17) is 4.74 Å². The number of non-ortho nitro benzene ring substituents is 1. The molecule has 2 heterocycles. The summed E-state index contributed by atoms with van der Waals surface area (Å²) < 4.78 is 5.35. The Balaban J connectivity index is 1.36. The number of ether oxygens (including phenoxy) is 1. The second kappa shape index (κ2) is 14.2. The number of methoxy groups -OCH3 is 1. The highest BCUT2D eigenvalue weighted by Gasteiger charge is 2.37. The van der Waals surface area contributed by atoms with Crippen molar-refractivity contribution in [3.05, 3.63) is 124 Å². The summed E-state index contributed by atoms with van der Waals surface area (Å²) in [6.45, 7) is 2.91. The number of carbonyl (C=O) groups excluding carboxylic acids is 1. The van der Waals surface area contributed by atoms with E-state index in [1.165, 1.54) is 53.6 Å². The molecule has 0 spiro atoms. The standard InChI is InChI=1S/C35H36N4O6/c1-45-24-31-33(32(30(23-36-31)34(41)42)26-13-15-29(16-14-26)39(43)44)38(25-40)20-8-19-37-21-17-35(18-22-37,27-9-4-2-5-10-27)28-11-6-3-7-12-28/h2-7,9-16,23,25H,8,17-22,24H2,1H3,(H,41,42). The number of pyridine rings is 1. The molecule has 1 aromatic heterocycles. The first-order valence-electron chi connectivity index (χ1n) is 14.9. The molecule has 0 radical (unpaired) electrons. The maximum absolute atomic E-state index is 12.6. The number of aromatic carboxylic acids is 1. The monoisotopic (exact) mass is 608 g/mol. The van der Waals surface area contributed by atoms with Crippen LogP contribution in [-0.2, 0) is 21.6 Å². The lowest BCUT2D eigenvalue weighted by Crippen LogP contribution is -2.44. The number of anilines is 1. The van der Waals surface area contributed by atoms with Gasteiger partial charge in [-0.15, -0.1) is 0 Å². The van der Waals surface area contributed by atoms with Gasteiger partial charge in [-0.2, -0.15) is 0 Å². The van der Waals surface area contributed by atoms with E-state index in [9.17, 15) is 24.8 Å². The molecule has 10 heteroatoms. The first kappa shape index (κ1) is 31.5. The number of carbonyl (C=O) groups is 2. The number of piperidine rings is 1. The number of benzene rings is 3. The van der Waals surface area contributed by atoms with Gasteiger partial charge in [0.1, 0.15) is 0 Å². The Morgan fingerprint density at radius 2 is 1.62 bits per heavy atom. The van der Waals surface area contributed by atoms with E-state index in [0.717, 1.165) is 32.5 Å². The van der Waals surface area contributed by atoms with Crippen LogP contribution in [0.5, 0.6) is 0 Å². The van der Waals surface area contributed by atoms with Crippen LogP contribution in [0.15, 0.2) is 91.1 Å². The molecule has 1 aliphatic heterocycles. The lowest BCUT2D eigenvalue weighted by molar-refractivity contribution is -0.384. The van der Waals surface area contributed by atoms with Crippen LogP contribution in [0.3, 0.4) is 0 Å². The number of nitrogens with zero attached hydrogens (tertiary/aromatic N) is 4. The smallest absolute Gasteiger partial charge is 0.337 e. The van der Waals surface area contributed by atoms with Gasteiger partial charge in [0.2, 0.25) is 6.41 Å². The minimum Gasteiger partial charge on any atom is -0.478 e. The van der Waals surface area contributed by atoms with Crippen LogP contribution in [0.25, 0.3) is 11.1 Å². The van der Waals surface area contributed by atoms with Gasteiger partial charge >= 0.3 is 5.97 Å². The molecule has 1 amide bonds. The number of hydrogen-bond acceptors (Lipinski definition) is 7. The second-order valence-electron chi connectivity index (χ2n) is 11.2. The van der Waals surface area contributed by atoms with Crippen LogP contribution in [0, 0.1) is 10.1 Å². The number of rotatable bonds is 13. The fraction of sp³-hybridized carbons (Fsp3) is 0.286. The Kier molecular flexibility index (Phi) is 9.96. The van der Waals surface area contributed by atoms with Crippen molar-refractivity contribution >= 4 is 23.8 Å². The molecule has 10 nitrogen and oxygen atoms in total. The summed E-state index contributed by atoms with van der Waals surface area (Å²) in [7, 11) is 1.49. The highest BCUT2D eigenvalue weighted by Crippen LogP contribution is 2.42. The summed E-state index contributed by atoms with van der Waals surface area (Å²) in [5.41, 5.74) is 3.75. The Labute approximate surface area is 262 Å². The molecule has 0 atom stereocenters. The van der Waals surface area contributed by atoms with Crippen LogP contribution in [0.1, 0.15) is 46.4 Å². The second-order valence-corrected chi connectivity index (χ2v) is 11.2. The van der Waals surface area contributed by atoms with Gasteiger partial charge in [0.05, 0.1) is 28.5 Å². The van der Waals surface area contributed by atoms with Crippen LogP contribution < -0.4 is 4.90 Å². The maximum Gasteiger partial charge on any atom is 0.337 e. The summed E-state index contributed by atoms with van der Waals surface area (Å²) in [4.78, 5) is 43.8. The third-order valence-corrected chi connectivity index (χ3v) is 8.66. The van der Waals surface area contributed by atoms with E-state index in [-0.39, 0.29) is 28.8 Å². The normalized spacial score (nSPS) is 14.5. The summed E-state index contributed by atoms with van der Waals surface area (Å²) in [6, 6.07) is 26.9. The molecule has 0 bridgehead atoms. The summed E-state index contributed by atoms with van der Waals surface area (Å²) in [5.74, 6) is -1.22. The first-order valence-corrected chi connectivity index (χ1v) is 14.9.